The predicted molar refractivity (Wildman–Crippen MR) is 170 cm³/mol. The van der Waals surface area contributed by atoms with Gasteiger partial charge < -0.3 is 20.7 Å². The Morgan fingerprint density at radius 2 is 1.86 bits per heavy atom. The van der Waals surface area contributed by atoms with Crippen LogP contribution in [-0.2, 0) is 0 Å². The second-order valence-corrected chi connectivity index (χ2v) is 12.7. The molecule has 9 nitrogen and oxygen atoms in total. The van der Waals surface area contributed by atoms with Crippen LogP contribution in [0.5, 0.6) is 6.01 Å². The zero-order valence-electron chi connectivity index (χ0n) is 24.4. The molecule has 3 aromatic heterocycles. The van der Waals surface area contributed by atoms with Crippen LogP contribution >= 0.6 is 0 Å². The van der Waals surface area contributed by atoms with Gasteiger partial charge in [0, 0.05) is 61.0 Å². The number of hydrogen-bond acceptors (Lipinski definition) is 9. The Kier molecular flexibility index (Phi) is 6.12. The van der Waals surface area contributed by atoms with E-state index in [2.05, 4.69) is 49.1 Å². The first-order valence-electron chi connectivity index (χ1n) is 15.0. The van der Waals surface area contributed by atoms with E-state index in [9.17, 15) is 0 Å². The number of halogens is 1. The number of benzene rings is 1. The van der Waals surface area contributed by atoms with Crippen molar-refractivity contribution in [1.29, 1.82) is 0 Å². The fraction of sp³-hybridized carbons (Fsp3) is 0.353. The summed E-state index contributed by atoms with van der Waals surface area (Å²) in [4.78, 5) is 23.2. The van der Waals surface area contributed by atoms with Crippen molar-refractivity contribution < 1.29 is 9.13 Å². The third-order valence-electron chi connectivity index (χ3n) is 9.55. The van der Waals surface area contributed by atoms with Gasteiger partial charge in [0.15, 0.2) is 5.82 Å². The van der Waals surface area contributed by atoms with Crippen molar-refractivity contribution in [3.8, 4) is 29.6 Å². The molecule has 2 unspecified atom stereocenters. The fourth-order valence-electron chi connectivity index (χ4n) is 7.75. The zero-order chi connectivity index (χ0) is 30.2. The van der Waals surface area contributed by atoms with Crippen molar-refractivity contribution in [1.82, 2.24) is 30.2 Å². The SMILES string of the molecule is C#Cc1cccc2nc(N)cc(-c3ncc4c(N5CC6CCC(C5)N6)nc(OCC56CC(=C)CN5CC(=C)C6)nc4c3F)c12. The van der Waals surface area contributed by atoms with Crippen LogP contribution in [0.1, 0.15) is 31.2 Å². The summed E-state index contributed by atoms with van der Waals surface area (Å²) in [7, 11) is 0. The van der Waals surface area contributed by atoms with Crippen LogP contribution in [0.25, 0.3) is 33.1 Å². The molecule has 0 aliphatic carbocycles. The van der Waals surface area contributed by atoms with E-state index in [-0.39, 0.29) is 28.6 Å². The van der Waals surface area contributed by atoms with Crippen LogP contribution in [0.2, 0.25) is 0 Å². The van der Waals surface area contributed by atoms with E-state index in [0.717, 1.165) is 51.9 Å². The largest absolute Gasteiger partial charge is 0.461 e. The Bertz CT molecular complexity index is 1900. The van der Waals surface area contributed by atoms with E-state index in [1.165, 1.54) is 11.1 Å². The lowest BCUT2D eigenvalue weighted by Crippen LogP contribution is -2.51. The highest BCUT2D eigenvalue weighted by atomic mass is 19.1. The fourth-order valence-corrected chi connectivity index (χ4v) is 7.75. The first-order valence-corrected chi connectivity index (χ1v) is 15.0. The maximum Gasteiger partial charge on any atom is 0.319 e. The molecule has 4 saturated heterocycles. The number of aromatic nitrogens is 4. The normalized spacial score (nSPS) is 22.6. The number of nitrogens with zero attached hydrogens (tertiary/aromatic N) is 6. The summed E-state index contributed by atoms with van der Waals surface area (Å²) in [5.41, 5.74) is 10.1. The van der Waals surface area contributed by atoms with Crippen molar-refractivity contribution >= 4 is 33.4 Å². The molecular weight excluding hydrogens is 555 g/mol. The Labute approximate surface area is 255 Å². The third kappa shape index (κ3) is 4.30. The molecule has 10 heteroatoms. The molecule has 4 aromatic rings. The van der Waals surface area contributed by atoms with Crippen LogP contribution in [-0.4, -0.2) is 75.2 Å². The van der Waals surface area contributed by atoms with Crippen LogP contribution < -0.4 is 20.7 Å². The minimum Gasteiger partial charge on any atom is -0.461 e. The van der Waals surface area contributed by atoms with Gasteiger partial charge in [-0.3, -0.25) is 9.88 Å². The van der Waals surface area contributed by atoms with Crippen molar-refractivity contribution in [2.24, 2.45) is 0 Å². The van der Waals surface area contributed by atoms with Crippen LogP contribution in [0.3, 0.4) is 0 Å². The second kappa shape index (κ2) is 9.97. The quantitative estimate of drug-likeness (QED) is 0.262. The van der Waals surface area contributed by atoms with E-state index in [0.29, 0.717) is 51.9 Å². The number of anilines is 2. The Balaban J connectivity index is 1.27. The molecule has 0 amide bonds. The van der Waals surface area contributed by atoms with Gasteiger partial charge in [-0.05, 0) is 43.9 Å². The number of terminal acetylenes is 1. The summed E-state index contributed by atoms with van der Waals surface area (Å²) in [6.07, 6.45) is 11.3. The average molecular weight is 589 g/mol. The van der Waals surface area contributed by atoms with Crippen molar-refractivity contribution in [3.05, 3.63) is 66.1 Å². The number of fused-ring (bicyclic) bond motifs is 5. The molecule has 0 spiro atoms. The molecular formula is C34H33FN8O. The lowest BCUT2D eigenvalue weighted by atomic mass is 9.92. The van der Waals surface area contributed by atoms with Gasteiger partial charge in [-0.1, -0.05) is 36.3 Å². The molecule has 2 atom stereocenters. The van der Waals surface area contributed by atoms with Crippen LogP contribution in [0.15, 0.2) is 54.8 Å². The van der Waals surface area contributed by atoms with E-state index in [1.807, 2.05) is 6.07 Å². The molecule has 0 saturated carbocycles. The summed E-state index contributed by atoms with van der Waals surface area (Å²) >= 11 is 0. The standard InChI is InChI=1S/C34H33FN8O/c1-4-21-6-5-7-26-28(21)24(10-27(36)39-26)30-29(35)31-25(13-37-30)32(42-16-22-8-9-23(17-42)38-22)41-33(40-31)44-18-34-11-19(2)14-43(34)15-20(3)12-34/h1,5-7,10,13,22-23,38H,2-3,8-9,11-12,14-18H2,(H2,36,39). The first-order chi connectivity index (χ1) is 21.3. The number of ether oxygens (including phenoxy) is 1. The lowest BCUT2D eigenvalue weighted by Gasteiger charge is -2.34. The number of rotatable bonds is 5. The minimum absolute atomic E-state index is 0.0965. The lowest BCUT2D eigenvalue weighted by molar-refractivity contribution is 0.108. The maximum atomic E-state index is 16.8. The van der Waals surface area contributed by atoms with E-state index < -0.39 is 5.82 Å². The highest BCUT2D eigenvalue weighted by Gasteiger charge is 2.48. The molecule has 4 fully saturated rings. The van der Waals surface area contributed by atoms with Crippen molar-refractivity contribution in [3.63, 3.8) is 0 Å². The molecule has 4 aliphatic rings. The predicted octanol–water partition coefficient (Wildman–Crippen LogP) is 4.22. The molecule has 3 N–H and O–H groups in total. The topological polar surface area (TPSA) is 105 Å². The summed E-state index contributed by atoms with van der Waals surface area (Å²) in [6.45, 7) is 12.0. The van der Waals surface area contributed by atoms with Crippen molar-refractivity contribution in [2.45, 2.75) is 43.3 Å². The number of hydrogen-bond donors (Lipinski definition) is 2. The van der Waals surface area contributed by atoms with Gasteiger partial charge in [0.1, 0.15) is 29.5 Å². The molecule has 2 bridgehead atoms. The van der Waals surface area contributed by atoms with Gasteiger partial charge in [0.25, 0.3) is 0 Å². The van der Waals surface area contributed by atoms with E-state index >= 15 is 4.39 Å². The van der Waals surface area contributed by atoms with E-state index in [1.54, 1.807) is 24.4 Å². The molecule has 7 heterocycles. The van der Waals surface area contributed by atoms with Gasteiger partial charge in [-0.25, -0.2) is 9.37 Å². The smallest absolute Gasteiger partial charge is 0.319 e. The molecule has 8 rings (SSSR count). The van der Waals surface area contributed by atoms with Gasteiger partial charge in [-0.2, -0.15) is 9.97 Å². The summed E-state index contributed by atoms with van der Waals surface area (Å²) in [5, 5.41) is 4.81. The number of nitrogens with one attached hydrogen (secondary N) is 1. The van der Waals surface area contributed by atoms with Crippen LogP contribution in [0, 0.1) is 18.2 Å². The highest BCUT2D eigenvalue weighted by molar-refractivity contribution is 6.01. The molecule has 0 radical (unpaired) electrons. The number of nitrogen functional groups attached to an aromatic ring is 1. The Morgan fingerprint density at radius 3 is 2.59 bits per heavy atom. The summed E-state index contributed by atoms with van der Waals surface area (Å²) < 4.78 is 23.2. The number of piperazine rings is 1. The monoisotopic (exact) mass is 588 g/mol. The van der Waals surface area contributed by atoms with Crippen molar-refractivity contribution in [2.75, 3.05) is 43.4 Å². The highest BCUT2D eigenvalue weighted by Crippen LogP contribution is 2.43. The second-order valence-electron chi connectivity index (χ2n) is 12.7. The molecule has 44 heavy (non-hydrogen) atoms. The zero-order valence-corrected chi connectivity index (χ0v) is 24.4. The van der Waals surface area contributed by atoms with Crippen LogP contribution in [0.4, 0.5) is 16.0 Å². The average Bonchev–Trinajstić information content (AvgIpc) is 3.61. The number of nitrogens with two attached hydrogens (primary N) is 1. The molecule has 222 valence electrons. The summed E-state index contributed by atoms with van der Waals surface area (Å²) in [5.74, 6) is 2.98. The Morgan fingerprint density at radius 1 is 1.11 bits per heavy atom. The van der Waals surface area contributed by atoms with Gasteiger partial charge >= 0.3 is 6.01 Å². The molecule has 1 aromatic carbocycles. The molecule has 4 aliphatic heterocycles. The summed E-state index contributed by atoms with van der Waals surface area (Å²) in [6, 6.07) is 7.87. The first kappa shape index (κ1) is 27.0. The third-order valence-corrected chi connectivity index (χ3v) is 9.55. The van der Waals surface area contributed by atoms with Gasteiger partial charge in [0.05, 0.1) is 16.4 Å². The minimum atomic E-state index is -0.587. The van der Waals surface area contributed by atoms with Gasteiger partial charge in [-0.15, -0.1) is 6.42 Å². The number of pyridine rings is 2. The van der Waals surface area contributed by atoms with E-state index in [4.69, 9.17) is 21.9 Å². The van der Waals surface area contributed by atoms with Gasteiger partial charge in [0.2, 0.25) is 0 Å². The maximum absolute atomic E-state index is 16.8. The Hall–Kier alpha value is -4.59.